The van der Waals surface area contributed by atoms with Gasteiger partial charge in [-0.15, -0.1) is 0 Å². The summed E-state index contributed by atoms with van der Waals surface area (Å²) in [6, 6.07) is -0.612. The largest absolute Gasteiger partial charge is 0.385 e. The molecule has 0 aliphatic heterocycles. The molecule has 0 bridgehead atoms. The van der Waals surface area contributed by atoms with E-state index in [2.05, 4.69) is 5.32 Å². The summed E-state index contributed by atoms with van der Waals surface area (Å²) in [6.45, 7) is 2.84. The van der Waals surface area contributed by atoms with Crippen molar-refractivity contribution in [2.24, 2.45) is 5.73 Å². The molecule has 1 unspecified atom stereocenters. The summed E-state index contributed by atoms with van der Waals surface area (Å²) in [5, 5.41) is 2.62. The van der Waals surface area contributed by atoms with Crippen LogP contribution in [-0.4, -0.2) is 56.6 Å². The Kier molecular flexibility index (Phi) is 7.49. The van der Waals surface area contributed by atoms with Crippen LogP contribution in [-0.2, 0) is 14.3 Å². The van der Waals surface area contributed by atoms with Crippen molar-refractivity contribution in [3.63, 3.8) is 0 Å². The fourth-order valence-electron chi connectivity index (χ4n) is 1.20. The van der Waals surface area contributed by atoms with Crippen LogP contribution in [0.2, 0.25) is 0 Å². The fraction of sp³-hybridized carbons (Fsp3) is 0.800. The number of ether oxygens (including phenoxy) is 1. The van der Waals surface area contributed by atoms with Crippen LogP contribution in [0.25, 0.3) is 0 Å². The van der Waals surface area contributed by atoms with E-state index in [4.69, 9.17) is 10.5 Å². The molecular formula is C10H21N3O3. The number of hydrogen-bond donors (Lipinski definition) is 2. The molecule has 3 N–H and O–H groups in total. The van der Waals surface area contributed by atoms with Gasteiger partial charge in [-0.1, -0.05) is 0 Å². The van der Waals surface area contributed by atoms with Crippen molar-refractivity contribution in [3.8, 4) is 0 Å². The van der Waals surface area contributed by atoms with E-state index in [1.807, 2.05) is 6.92 Å². The monoisotopic (exact) mass is 231 g/mol. The Morgan fingerprint density at radius 2 is 2.12 bits per heavy atom. The predicted octanol–water partition coefficient (Wildman–Crippen LogP) is -1.06. The van der Waals surface area contributed by atoms with Crippen molar-refractivity contribution in [2.75, 3.05) is 33.9 Å². The minimum Gasteiger partial charge on any atom is -0.385 e. The van der Waals surface area contributed by atoms with Crippen molar-refractivity contribution < 1.29 is 14.3 Å². The number of amides is 2. The van der Waals surface area contributed by atoms with Crippen molar-refractivity contribution in [2.45, 2.75) is 19.4 Å². The normalized spacial score (nSPS) is 12.0. The number of nitrogens with two attached hydrogens (primary N) is 1. The van der Waals surface area contributed by atoms with Gasteiger partial charge in [0, 0.05) is 27.3 Å². The van der Waals surface area contributed by atoms with E-state index in [-0.39, 0.29) is 18.4 Å². The summed E-state index contributed by atoms with van der Waals surface area (Å²) < 4.78 is 4.83. The highest BCUT2D eigenvalue weighted by Crippen LogP contribution is 1.95. The molecule has 1 atom stereocenters. The van der Waals surface area contributed by atoms with E-state index < -0.39 is 6.04 Å². The standard InChI is InChI=1S/C10H21N3O3/c1-4-12-9(14)7-13(2)10(15)8(11)5-6-16-3/h8H,4-7,11H2,1-3H3,(H,12,14). The first-order chi connectivity index (χ1) is 7.52. The lowest BCUT2D eigenvalue weighted by Crippen LogP contribution is -2.46. The maximum Gasteiger partial charge on any atom is 0.239 e. The highest BCUT2D eigenvalue weighted by atomic mass is 16.5. The second-order valence-corrected chi connectivity index (χ2v) is 3.54. The Morgan fingerprint density at radius 3 is 2.62 bits per heavy atom. The van der Waals surface area contributed by atoms with Crippen LogP contribution < -0.4 is 11.1 Å². The Morgan fingerprint density at radius 1 is 1.50 bits per heavy atom. The number of hydrogen-bond acceptors (Lipinski definition) is 4. The SMILES string of the molecule is CCNC(=O)CN(C)C(=O)C(N)CCOC. The molecule has 6 nitrogen and oxygen atoms in total. The van der Waals surface area contributed by atoms with Crippen LogP contribution >= 0.6 is 0 Å². The third kappa shape index (κ3) is 5.67. The Balaban J connectivity index is 4.01. The number of rotatable bonds is 7. The Hall–Kier alpha value is -1.14. The lowest BCUT2D eigenvalue weighted by atomic mass is 10.2. The van der Waals surface area contributed by atoms with Gasteiger partial charge in [0.15, 0.2) is 0 Å². The third-order valence-corrected chi connectivity index (χ3v) is 2.08. The molecule has 0 saturated carbocycles. The second-order valence-electron chi connectivity index (χ2n) is 3.54. The average molecular weight is 231 g/mol. The molecule has 0 fully saturated rings. The van der Waals surface area contributed by atoms with Crippen LogP contribution in [0.15, 0.2) is 0 Å². The number of likely N-dealkylation sites (N-methyl/N-ethyl adjacent to an activating group) is 2. The zero-order chi connectivity index (χ0) is 12.6. The number of methoxy groups -OCH3 is 1. The van der Waals surface area contributed by atoms with Crippen molar-refractivity contribution in [1.29, 1.82) is 0 Å². The minimum absolute atomic E-state index is 0.0351. The predicted molar refractivity (Wildman–Crippen MR) is 60.8 cm³/mol. The molecule has 0 aromatic heterocycles. The summed E-state index contributed by atoms with van der Waals surface area (Å²) in [6.07, 6.45) is 0.453. The van der Waals surface area contributed by atoms with E-state index in [0.29, 0.717) is 19.6 Å². The van der Waals surface area contributed by atoms with Gasteiger partial charge in [0.25, 0.3) is 0 Å². The molecular weight excluding hydrogens is 210 g/mol. The van der Waals surface area contributed by atoms with Gasteiger partial charge in [-0.3, -0.25) is 9.59 Å². The minimum atomic E-state index is -0.612. The van der Waals surface area contributed by atoms with E-state index >= 15 is 0 Å². The molecule has 94 valence electrons. The summed E-state index contributed by atoms with van der Waals surface area (Å²) in [5.41, 5.74) is 5.65. The van der Waals surface area contributed by atoms with Crippen LogP contribution in [0.4, 0.5) is 0 Å². The van der Waals surface area contributed by atoms with E-state index in [9.17, 15) is 9.59 Å². The number of carbonyl (C=O) groups is 2. The van der Waals surface area contributed by atoms with Crippen LogP contribution in [0.1, 0.15) is 13.3 Å². The first-order valence-corrected chi connectivity index (χ1v) is 5.29. The molecule has 0 saturated heterocycles. The van der Waals surface area contributed by atoms with Gasteiger partial charge >= 0.3 is 0 Å². The van der Waals surface area contributed by atoms with Gasteiger partial charge < -0.3 is 20.7 Å². The molecule has 0 rings (SSSR count). The topological polar surface area (TPSA) is 84.7 Å². The van der Waals surface area contributed by atoms with Crippen molar-refractivity contribution >= 4 is 11.8 Å². The summed E-state index contributed by atoms with van der Waals surface area (Å²) >= 11 is 0. The van der Waals surface area contributed by atoms with Crippen molar-refractivity contribution in [1.82, 2.24) is 10.2 Å². The van der Waals surface area contributed by atoms with Gasteiger partial charge in [-0.05, 0) is 13.3 Å². The van der Waals surface area contributed by atoms with E-state index in [1.165, 1.54) is 4.90 Å². The smallest absolute Gasteiger partial charge is 0.239 e. The molecule has 0 radical (unpaired) electrons. The summed E-state index contributed by atoms with van der Waals surface area (Å²) in [7, 11) is 3.11. The fourth-order valence-corrected chi connectivity index (χ4v) is 1.20. The highest BCUT2D eigenvalue weighted by Gasteiger charge is 2.19. The molecule has 0 aromatic carbocycles. The van der Waals surface area contributed by atoms with Crippen LogP contribution in [0.5, 0.6) is 0 Å². The molecule has 2 amide bonds. The molecule has 0 heterocycles. The Labute approximate surface area is 96.1 Å². The number of carbonyl (C=O) groups excluding carboxylic acids is 2. The van der Waals surface area contributed by atoms with Gasteiger partial charge in [0.05, 0.1) is 12.6 Å². The van der Waals surface area contributed by atoms with E-state index in [1.54, 1.807) is 14.2 Å². The Bertz CT molecular complexity index is 233. The third-order valence-electron chi connectivity index (χ3n) is 2.08. The number of nitrogens with one attached hydrogen (secondary N) is 1. The molecule has 0 aromatic rings. The zero-order valence-electron chi connectivity index (χ0n) is 10.2. The maximum absolute atomic E-state index is 11.7. The van der Waals surface area contributed by atoms with E-state index in [0.717, 1.165) is 0 Å². The van der Waals surface area contributed by atoms with Crippen LogP contribution in [0, 0.1) is 0 Å². The highest BCUT2D eigenvalue weighted by molar-refractivity contribution is 5.87. The molecule has 0 aliphatic carbocycles. The van der Waals surface area contributed by atoms with Gasteiger partial charge in [0.2, 0.25) is 11.8 Å². The summed E-state index contributed by atoms with van der Waals surface area (Å²) in [4.78, 5) is 24.2. The van der Waals surface area contributed by atoms with Crippen molar-refractivity contribution in [3.05, 3.63) is 0 Å². The molecule has 16 heavy (non-hydrogen) atoms. The average Bonchev–Trinajstić information content (AvgIpc) is 2.24. The first kappa shape index (κ1) is 14.9. The molecule has 6 heteroatoms. The maximum atomic E-state index is 11.7. The number of nitrogens with zero attached hydrogens (tertiary/aromatic N) is 1. The quantitative estimate of drug-likeness (QED) is 0.585. The zero-order valence-corrected chi connectivity index (χ0v) is 10.2. The molecule has 0 aliphatic rings. The lowest BCUT2D eigenvalue weighted by Gasteiger charge is -2.20. The first-order valence-electron chi connectivity index (χ1n) is 5.29. The second kappa shape index (κ2) is 8.06. The van der Waals surface area contributed by atoms with Gasteiger partial charge in [-0.2, -0.15) is 0 Å². The van der Waals surface area contributed by atoms with Gasteiger partial charge in [-0.25, -0.2) is 0 Å². The summed E-state index contributed by atoms with van der Waals surface area (Å²) in [5.74, 6) is -0.430. The van der Waals surface area contributed by atoms with Gasteiger partial charge in [0.1, 0.15) is 0 Å². The lowest BCUT2D eigenvalue weighted by molar-refractivity contribution is -0.136. The molecule has 0 spiro atoms. The van der Waals surface area contributed by atoms with Crippen LogP contribution in [0.3, 0.4) is 0 Å².